The van der Waals surface area contributed by atoms with Gasteiger partial charge in [-0.2, -0.15) is 0 Å². The Morgan fingerprint density at radius 2 is 2.35 bits per heavy atom. The van der Waals surface area contributed by atoms with Crippen molar-refractivity contribution in [3.8, 4) is 5.75 Å². The minimum Gasteiger partial charge on any atom is -0.489 e. The van der Waals surface area contributed by atoms with Gasteiger partial charge in [0.2, 0.25) is 6.54 Å². The second-order valence-electron chi connectivity index (χ2n) is 3.72. The molecule has 0 bridgehead atoms. The highest BCUT2D eigenvalue weighted by Crippen LogP contribution is 2.29. The van der Waals surface area contributed by atoms with Gasteiger partial charge in [-0.15, -0.1) is 0 Å². The molecule has 1 aromatic rings. The Hall–Kier alpha value is -1.59. The first-order valence-electron chi connectivity index (χ1n) is 4.99. The van der Waals surface area contributed by atoms with Crippen LogP contribution in [-0.2, 0) is 0 Å². The lowest BCUT2D eigenvalue weighted by Gasteiger charge is -2.19. The van der Waals surface area contributed by atoms with E-state index in [0.717, 1.165) is 5.56 Å². The van der Waals surface area contributed by atoms with Gasteiger partial charge in [0.05, 0.1) is 0 Å². The van der Waals surface area contributed by atoms with Crippen molar-refractivity contribution in [3.05, 3.63) is 44.5 Å². The first-order chi connectivity index (χ1) is 8.06. The summed E-state index contributed by atoms with van der Waals surface area (Å²) in [5, 5.41) is 20.5. The molecule has 17 heavy (non-hydrogen) atoms. The number of rotatable bonds is 3. The maximum absolute atomic E-state index is 10.3. The molecule has 90 valence electrons. The zero-order valence-electron chi connectivity index (χ0n) is 8.80. The number of fused-ring (bicyclic) bond motifs is 1. The summed E-state index contributed by atoms with van der Waals surface area (Å²) in [6, 6.07) is 5.12. The van der Waals surface area contributed by atoms with Crippen LogP contribution in [0.5, 0.6) is 5.75 Å². The van der Waals surface area contributed by atoms with Crippen LogP contribution >= 0.6 is 11.6 Å². The highest BCUT2D eigenvalue weighted by atomic mass is 35.5. The lowest BCUT2D eigenvalue weighted by molar-refractivity contribution is -0.488. The van der Waals surface area contributed by atoms with E-state index in [1.54, 1.807) is 24.3 Å². The van der Waals surface area contributed by atoms with Crippen LogP contribution in [0.15, 0.2) is 23.8 Å². The van der Waals surface area contributed by atoms with Crippen molar-refractivity contribution in [3.63, 3.8) is 0 Å². The molecule has 1 aliphatic heterocycles. The Morgan fingerprint density at radius 3 is 3.06 bits per heavy atom. The maximum atomic E-state index is 10.3. The Bertz CT molecular complexity index is 486. The minimum atomic E-state index is -1.13. The van der Waals surface area contributed by atoms with Crippen molar-refractivity contribution in [1.82, 2.24) is 0 Å². The first kappa shape index (κ1) is 11.9. The molecule has 0 unspecified atom stereocenters. The summed E-state index contributed by atoms with van der Waals surface area (Å²) < 4.78 is 5.38. The summed E-state index contributed by atoms with van der Waals surface area (Å²) in [5.74, 6) is 0.659. The van der Waals surface area contributed by atoms with E-state index in [4.69, 9.17) is 16.3 Å². The van der Waals surface area contributed by atoms with Crippen LogP contribution in [0.3, 0.4) is 0 Å². The summed E-state index contributed by atoms with van der Waals surface area (Å²) >= 11 is 5.83. The zero-order valence-corrected chi connectivity index (χ0v) is 9.55. The molecule has 0 aliphatic carbocycles. The molecule has 1 atom stereocenters. The Labute approximate surface area is 102 Å². The summed E-state index contributed by atoms with van der Waals surface area (Å²) in [7, 11) is 0. The van der Waals surface area contributed by atoms with Crippen LogP contribution in [0.4, 0.5) is 0 Å². The van der Waals surface area contributed by atoms with Gasteiger partial charge in [-0.05, 0) is 24.3 Å². The predicted octanol–water partition coefficient (Wildman–Crippen LogP) is 1.75. The molecule has 0 aromatic heterocycles. The number of benzene rings is 1. The van der Waals surface area contributed by atoms with E-state index in [-0.39, 0.29) is 6.61 Å². The third-order valence-corrected chi connectivity index (χ3v) is 2.69. The van der Waals surface area contributed by atoms with Crippen LogP contribution in [0.1, 0.15) is 5.56 Å². The standard InChI is InChI=1S/C11H10ClNO4/c12-9-1-2-11-7(4-9)3-8(6-17-11)10(14)5-13(15)16/h1-4,10,14H,5-6H2/t10-/m1/s1. The first-order valence-corrected chi connectivity index (χ1v) is 5.37. The molecular formula is C11H10ClNO4. The van der Waals surface area contributed by atoms with Gasteiger partial charge in [-0.3, -0.25) is 10.1 Å². The number of nitrogens with zero attached hydrogens (tertiary/aromatic N) is 1. The van der Waals surface area contributed by atoms with Gasteiger partial charge < -0.3 is 9.84 Å². The maximum Gasteiger partial charge on any atom is 0.233 e. The van der Waals surface area contributed by atoms with E-state index in [1.807, 2.05) is 0 Å². The van der Waals surface area contributed by atoms with Gasteiger partial charge in [0.25, 0.3) is 0 Å². The minimum absolute atomic E-state index is 0.156. The van der Waals surface area contributed by atoms with Crippen LogP contribution in [-0.4, -0.2) is 29.3 Å². The van der Waals surface area contributed by atoms with E-state index in [0.29, 0.717) is 16.3 Å². The Balaban J connectivity index is 2.25. The molecule has 2 rings (SSSR count). The van der Waals surface area contributed by atoms with Crippen molar-refractivity contribution in [2.45, 2.75) is 6.10 Å². The average molecular weight is 256 g/mol. The molecule has 1 heterocycles. The fraction of sp³-hybridized carbons (Fsp3) is 0.273. The SMILES string of the molecule is O=[N+]([O-])C[C@@H](O)C1=Cc2cc(Cl)ccc2OC1. The highest BCUT2D eigenvalue weighted by Gasteiger charge is 2.21. The molecule has 1 aliphatic rings. The number of aliphatic hydroxyl groups is 1. The molecule has 0 radical (unpaired) electrons. The number of hydrogen-bond acceptors (Lipinski definition) is 4. The van der Waals surface area contributed by atoms with Crippen LogP contribution in [0.25, 0.3) is 6.08 Å². The molecule has 1 aromatic carbocycles. The van der Waals surface area contributed by atoms with Gasteiger partial charge in [0.1, 0.15) is 18.5 Å². The van der Waals surface area contributed by atoms with Gasteiger partial charge in [0.15, 0.2) is 0 Å². The average Bonchev–Trinajstić information content (AvgIpc) is 2.27. The monoisotopic (exact) mass is 255 g/mol. The smallest absolute Gasteiger partial charge is 0.233 e. The number of hydrogen-bond donors (Lipinski definition) is 1. The summed E-state index contributed by atoms with van der Waals surface area (Å²) in [6.45, 7) is -0.366. The fourth-order valence-corrected chi connectivity index (χ4v) is 1.80. The Morgan fingerprint density at radius 1 is 1.59 bits per heavy atom. The zero-order chi connectivity index (χ0) is 12.4. The van der Waals surface area contributed by atoms with Crippen molar-refractivity contribution in [2.75, 3.05) is 13.2 Å². The molecule has 0 spiro atoms. The van der Waals surface area contributed by atoms with Gasteiger partial charge >= 0.3 is 0 Å². The van der Waals surface area contributed by atoms with Crippen molar-refractivity contribution in [2.24, 2.45) is 0 Å². The summed E-state index contributed by atoms with van der Waals surface area (Å²) in [6.07, 6.45) is 0.552. The Kier molecular flexibility index (Phi) is 3.31. The molecule has 0 amide bonds. The predicted molar refractivity (Wildman–Crippen MR) is 62.8 cm³/mol. The van der Waals surface area contributed by atoms with E-state index < -0.39 is 17.6 Å². The molecular weight excluding hydrogens is 246 g/mol. The van der Waals surface area contributed by atoms with Crippen LogP contribution in [0, 0.1) is 10.1 Å². The van der Waals surface area contributed by atoms with Gasteiger partial charge in [-0.1, -0.05) is 11.6 Å². The quantitative estimate of drug-likeness (QED) is 0.660. The van der Waals surface area contributed by atoms with Crippen molar-refractivity contribution in [1.29, 1.82) is 0 Å². The number of halogens is 1. The van der Waals surface area contributed by atoms with E-state index >= 15 is 0 Å². The molecule has 6 heteroatoms. The highest BCUT2D eigenvalue weighted by molar-refractivity contribution is 6.30. The van der Waals surface area contributed by atoms with Gasteiger partial charge in [-0.25, -0.2) is 0 Å². The topological polar surface area (TPSA) is 72.6 Å². The fourth-order valence-electron chi connectivity index (χ4n) is 1.62. The second kappa shape index (κ2) is 4.73. The van der Waals surface area contributed by atoms with E-state index in [1.165, 1.54) is 0 Å². The molecule has 0 saturated carbocycles. The lowest BCUT2D eigenvalue weighted by Crippen LogP contribution is -2.26. The van der Waals surface area contributed by atoms with Crippen LogP contribution in [0.2, 0.25) is 5.02 Å². The van der Waals surface area contributed by atoms with Crippen molar-refractivity contribution >= 4 is 17.7 Å². The molecule has 0 saturated heterocycles. The molecule has 1 N–H and O–H groups in total. The van der Waals surface area contributed by atoms with Crippen LogP contribution < -0.4 is 4.74 Å². The molecule has 0 fully saturated rings. The van der Waals surface area contributed by atoms with E-state index in [9.17, 15) is 15.2 Å². The number of ether oxygens (including phenoxy) is 1. The number of aliphatic hydroxyl groups excluding tert-OH is 1. The van der Waals surface area contributed by atoms with E-state index in [2.05, 4.69) is 0 Å². The lowest BCUT2D eigenvalue weighted by atomic mass is 10.0. The van der Waals surface area contributed by atoms with Gasteiger partial charge in [0, 0.05) is 21.1 Å². The third-order valence-electron chi connectivity index (χ3n) is 2.46. The van der Waals surface area contributed by atoms with Crippen molar-refractivity contribution < 1.29 is 14.8 Å². The molecule has 5 nitrogen and oxygen atoms in total. The normalized spacial score (nSPS) is 15.5. The summed E-state index contributed by atoms with van der Waals surface area (Å²) in [4.78, 5) is 9.75. The third kappa shape index (κ3) is 2.75. The second-order valence-corrected chi connectivity index (χ2v) is 4.16. The number of nitro groups is 1. The largest absolute Gasteiger partial charge is 0.489 e. The summed E-state index contributed by atoms with van der Waals surface area (Å²) in [5.41, 5.74) is 1.21.